The van der Waals surface area contributed by atoms with Crippen LogP contribution < -0.4 is 5.32 Å². The summed E-state index contributed by atoms with van der Waals surface area (Å²) in [6.45, 7) is 6.88. The quantitative estimate of drug-likeness (QED) is 0.554. The maximum atomic E-state index is 13.5. The Morgan fingerprint density at radius 1 is 1.27 bits per heavy atom. The van der Waals surface area contributed by atoms with E-state index in [2.05, 4.69) is 36.0 Å². The molecule has 2 aromatic carbocycles. The number of hydrogen-bond donors (Lipinski definition) is 2. The summed E-state index contributed by atoms with van der Waals surface area (Å²) in [5.74, 6) is -0.458. The van der Waals surface area contributed by atoms with E-state index in [1.54, 1.807) is 18.2 Å². The number of aromatic nitrogens is 1. The number of aromatic hydroxyl groups is 1. The molecule has 0 radical (unpaired) electrons. The SMILES string of the molecule is CC(=O)N1CC2=C(C1=O)[C@H](c1ccc(O)c(Cl)c1)c1cn(CCC(C)C)c3cccc(c13)N2. The zero-order valence-corrected chi connectivity index (χ0v) is 19.6. The van der Waals surface area contributed by atoms with Crippen LogP contribution in [-0.4, -0.2) is 32.9 Å². The number of rotatable bonds is 4. The van der Waals surface area contributed by atoms with Crippen LogP contribution in [0.15, 0.2) is 53.9 Å². The number of benzene rings is 2. The molecule has 3 aromatic rings. The van der Waals surface area contributed by atoms with Crippen molar-refractivity contribution in [2.75, 3.05) is 11.9 Å². The molecule has 2 amide bonds. The third kappa shape index (κ3) is 3.49. The molecule has 0 aliphatic carbocycles. The average molecular weight is 464 g/mol. The van der Waals surface area contributed by atoms with Gasteiger partial charge in [0.15, 0.2) is 0 Å². The Morgan fingerprint density at radius 2 is 2.06 bits per heavy atom. The van der Waals surface area contributed by atoms with Crippen LogP contribution in [0.3, 0.4) is 0 Å². The third-order valence-corrected chi connectivity index (χ3v) is 6.87. The van der Waals surface area contributed by atoms with Gasteiger partial charge in [-0.3, -0.25) is 14.5 Å². The van der Waals surface area contributed by atoms with Gasteiger partial charge in [-0.05, 0) is 47.7 Å². The summed E-state index contributed by atoms with van der Waals surface area (Å²) >= 11 is 6.29. The molecule has 170 valence electrons. The summed E-state index contributed by atoms with van der Waals surface area (Å²) in [4.78, 5) is 27.0. The van der Waals surface area contributed by atoms with Crippen LogP contribution in [0, 0.1) is 5.92 Å². The van der Waals surface area contributed by atoms with Crippen molar-refractivity contribution < 1.29 is 14.7 Å². The monoisotopic (exact) mass is 463 g/mol. The zero-order valence-electron chi connectivity index (χ0n) is 18.9. The highest BCUT2D eigenvalue weighted by Crippen LogP contribution is 2.47. The van der Waals surface area contributed by atoms with Gasteiger partial charge in [-0.25, -0.2) is 0 Å². The van der Waals surface area contributed by atoms with Gasteiger partial charge in [0.05, 0.1) is 22.7 Å². The lowest BCUT2D eigenvalue weighted by Crippen LogP contribution is -2.33. The predicted octanol–water partition coefficient (Wildman–Crippen LogP) is 5.25. The minimum absolute atomic E-state index is 0.00970. The van der Waals surface area contributed by atoms with Crippen LogP contribution in [0.4, 0.5) is 5.69 Å². The first kappa shape index (κ1) is 21.6. The second-order valence-corrected chi connectivity index (χ2v) is 9.64. The molecule has 0 saturated carbocycles. The van der Waals surface area contributed by atoms with Gasteiger partial charge in [-0.1, -0.05) is 37.6 Å². The van der Waals surface area contributed by atoms with Gasteiger partial charge in [-0.2, -0.15) is 0 Å². The molecule has 33 heavy (non-hydrogen) atoms. The number of nitrogens with one attached hydrogen (secondary N) is 1. The number of halogens is 1. The smallest absolute Gasteiger partial charge is 0.259 e. The van der Waals surface area contributed by atoms with E-state index in [4.69, 9.17) is 11.6 Å². The number of phenolic OH excluding ortho intramolecular Hbond substituents is 1. The molecule has 6 nitrogen and oxygen atoms in total. The summed E-state index contributed by atoms with van der Waals surface area (Å²) in [7, 11) is 0. The Balaban J connectivity index is 1.76. The summed E-state index contributed by atoms with van der Waals surface area (Å²) in [6, 6.07) is 11.2. The van der Waals surface area contributed by atoms with E-state index < -0.39 is 5.92 Å². The van der Waals surface area contributed by atoms with E-state index in [0.717, 1.165) is 46.4 Å². The van der Waals surface area contributed by atoms with Gasteiger partial charge < -0.3 is 15.0 Å². The van der Waals surface area contributed by atoms with Crippen LogP contribution in [0.2, 0.25) is 5.02 Å². The van der Waals surface area contributed by atoms with Crippen molar-refractivity contribution in [2.24, 2.45) is 5.92 Å². The largest absolute Gasteiger partial charge is 0.506 e. The Labute approximate surface area is 197 Å². The zero-order chi connectivity index (χ0) is 23.4. The Bertz CT molecular complexity index is 1340. The van der Waals surface area contributed by atoms with Gasteiger partial charge >= 0.3 is 0 Å². The number of carbonyl (C=O) groups is 2. The first-order valence-electron chi connectivity index (χ1n) is 11.2. The summed E-state index contributed by atoms with van der Waals surface area (Å²) in [5, 5.41) is 14.8. The molecule has 3 heterocycles. The second kappa shape index (κ2) is 7.96. The maximum absolute atomic E-state index is 13.5. The highest BCUT2D eigenvalue weighted by atomic mass is 35.5. The van der Waals surface area contributed by atoms with E-state index in [-0.39, 0.29) is 29.1 Å². The van der Waals surface area contributed by atoms with Gasteiger partial charge in [0.25, 0.3) is 5.91 Å². The van der Waals surface area contributed by atoms with Crippen molar-refractivity contribution in [2.45, 2.75) is 39.7 Å². The number of anilines is 1. The number of amides is 2. The molecule has 0 spiro atoms. The summed E-state index contributed by atoms with van der Waals surface area (Å²) in [5.41, 5.74) is 5.08. The highest BCUT2D eigenvalue weighted by Gasteiger charge is 2.41. The molecule has 2 N–H and O–H groups in total. The van der Waals surface area contributed by atoms with E-state index in [0.29, 0.717) is 11.5 Å². The van der Waals surface area contributed by atoms with Crippen LogP contribution in [-0.2, 0) is 16.1 Å². The number of phenols is 1. The van der Waals surface area contributed by atoms with Crippen molar-refractivity contribution in [3.63, 3.8) is 0 Å². The third-order valence-electron chi connectivity index (χ3n) is 6.57. The number of nitrogens with zero attached hydrogens (tertiary/aromatic N) is 2. The van der Waals surface area contributed by atoms with E-state index in [1.807, 2.05) is 12.1 Å². The first-order valence-corrected chi connectivity index (χ1v) is 11.6. The average Bonchev–Trinajstić information content (AvgIpc) is 3.24. The minimum atomic E-state index is -0.422. The number of aryl methyl sites for hydroxylation is 1. The van der Waals surface area contributed by atoms with Crippen LogP contribution in [0.25, 0.3) is 10.9 Å². The van der Waals surface area contributed by atoms with Crippen LogP contribution in [0.5, 0.6) is 5.75 Å². The Morgan fingerprint density at radius 3 is 2.76 bits per heavy atom. The molecule has 1 aromatic heterocycles. The Hall–Kier alpha value is -3.25. The lowest BCUT2D eigenvalue weighted by molar-refractivity contribution is -0.139. The molecule has 7 heteroatoms. The minimum Gasteiger partial charge on any atom is -0.506 e. The predicted molar refractivity (Wildman–Crippen MR) is 129 cm³/mol. The van der Waals surface area contributed by atoms with Crippen molar-refractivity contribution in [3.05, 3.63) is 70.0 Å². The standard InChI is InChI=1S/C26H26ClN3O3/c1-14(2)9-10-29-12-17-23(16-7-8-22(32)18(27)11-16)25-20(13-30(15(3)31)26(25)33)28-19-5-4-6-21(29)24(17)19/h4-8,11-12,14,23,28,32H,9-10,13H2,1-3H3/t23-/m1/s1. The van der Waals surface area contributed by atoms with Crippen molar-refractivity contribution in [1.82, 2.24) is 9.47 Å². The molecule has 0 bridgehead atoms. The summed E-state index contributed by atoms with van der Waals surface area (Å²) < 4.78 is 2.25. The van der Waals surface area contributed by atoms with Gasteiger partial charge in [0.1, 0.15) is 5.75 Å². The van der Waals surface area contributed by atoms with Gasteiger partial charge in [0, 0.05) is 42.4 Å². The molecule has 0 saturated heterocycles. The van der Waals surface area contributed by atoms with Crippen molar-refractivity contribution in [3.8, 4) is 5.75 Å². The molecular formula is C26H26ClN3O3. The molecule has 5 rings (SSSR count). The number of imide groups is 1. The lowest BCUT2D eigenvalue weighted by Gasteiger charge is -2.20. The molecule has 2 aliphatic heterocycles. The van der Waals surface area contributed by atoms with Crippen molar-refractivity contribution in [1.29, 1.82) is 0 Å². The molecule has 1 atom stereocenters. The number of carbonyl (C=O) groups excluding carboxylic acids is 2. The fourth-order valence-corrected chi connectivity index (χ4v) is 5.09. The molecule has 0 fully saturated rings. The van der Waals surface area contributed by atoms with Crippen molar-refractivity contribution >= 4 is 40.0 Å². The Kier molecular flexibility index (Phi) is 5.20. The highest BCUT2D eigenvalue weighted by molar-refractivity contribution is 6.32. The van der Waals surface area contributed by atoms with E-state index in [1.165, 1.54) is 11.8 Å². The second-order valence-electron chi connectivity index (χ2n) is 9.23. The summed E-state index contributed by atoms with van der Waals surface area (Å²) in [6.07, 6.45) is 3.16. The normalized spacial score (nSPS) is 17.5. The molecular weight excluding hydrogens is 438 g/mol. The number of hydrogen-bond acceptors (Lipinski definition) is 4. The molecule has 2 aliphatic rings. The van der Waals surface area contributed by atoms with Crippen LogP contribution >= 0.6 is 11.6 Å². The van der Waals surface area contributed by atoms with Gasteiger partial charge in [-0.15, -0.1) is 0 Å². The van der Waals surface area contributed by atoms with Crippen LogP contribution in [0.1, 0.15) is 44.2 Å². The molecule has 0 unspecified atom stereocenters. The maximum Gasteiger partial charge on any atom is 0.259 e. The first-order chi connectivity index (χ1) is 15.8. The lowest BCUT2D eigenvalue weighted by atomic mass is 9.84. The topological polar surface area (TPSA) is 74.6 Å². The van der Waals surface area contributed by atoms with E-state index >= 15 is 0 Å². The fourth-order valence-electron chi connectivity index (χ4n) is 4.91. The van der Waals surface area contributed by atoms with E-state index in [9.17, 15) is 14.7 Å². The van der Waals surface area contributed by atoms with Gasteiger partial charge in [0.2, 0.25) is 5.91 Å². The fraction of sp³-hybridized carbons (Fsp3) is 0.308.